The predicted octanol–water partition coefficient (Wildman–Crippen LogP) is 5.73. The number of aromatic nitrogens is 3. The maximum absolute atomic E-state index is 12.2. The van der Waals surface area contributed by atoms with Crippen LogP contribution in [-0.4, -0.2) is 20.4 Å². The second-order valence-electron chi connectivity index (χ2n) is 7.40. The molecule has 0 saturated heterocycles. The molecule has 0 fully saturated rings. The van der Waals surface area contributed by atoms with Gasteiger partial charge in [0, 0.05) is 17.7 Å². The van der Waals surface area contributed by atoms with E-state index in [1.165, 1.54) is 0 Å². The molecule has 2 heterocycles. The highest BCUT2D eigenvalue weighted by atomic mass is 35.5. The van der Waals surface area contributed by atoms with Gasteiger partial charge in [-0.3, -0.25) is 10.1 Å². The Hall–Kier alpha value is -1.82. The largest absolute Gasteiger partial charge is 0.337 e. The maximum atomic E-state index is 12.2. The smallest absolute Gasteiger partial charge is 0.232 e. The molecule has 0 aliphatic carbocycles. The topological polar surface area (TPSA) is 59.8 Å². The zero-order valence-corrected chi connectivity index (χ0v) is 17.7. The van der Waals surface area contributed by atoms with Crippen LogP contribution in [0, 0.1) is 12.3 Å². The average molecular weight is 426 g/mol. The van der Waals surface area contributed by atoms with Crippen LogP contribution < -0.4 is 5.32 Å². The van der Waals surface area contributed by atoms with Gasteiger partial charge in [-0.2, -0.15) is 4.98 Å². The van der Waals surface area contributed by atoms with Crippen LogP contribution in [0.4, 0.5) is 5.95 Å². The van der Waals surface area contributed by atoms with Gasteiger partial charge >= 0.3 is 0 Å². The van der Waals surface area contributed by atoms with E-state index < -0.39 is 5.41 Å². The van der Waals surface area contributed by atoms with Crippen molar-refractivity contribution in [2.24, 2.45) is 5.41 Å². The molecule has 2 aromatic heterocycles. The molecule has 5 nitrogen and oxygen atoms in total. The van der Waals surface area contributed by atoms with Gasteiger partial charge in [0.15, 0.2) is 5.15 Å². The molecule has 0 aliphatic rings. The van der Waals surface area contributed by atoms with E-state index >= 15 is 0 Å². The summed E-state index contributed by atoms with van der Waals surface area (Å²) in [5.74, 6) is 0.0176. The number of rotatable bonds is 3. The van der Waals surface area contributed by atoms with Gasteiger partial charge in [0.05, 0.1) is 15.6 Å². The van der Waals surface area contributed by atoms with Crippen LogP contribution in [0.15, 0.2) is 24.3 Å². The van der Waals surface area contributed by atoms with Crippen LogP contribution >= 0.6 is 34.8 Å². The molecule has 1 N–H and O–H groups in total. The van der Waals surface area contributed by atoms with E-state index in [-0.39, 0.29) is 17.0 Å². The Labute approximate surface area is 172 Å². The highest BCUT2D eigenvalue weighted by Gasteiger charge is 2.23. The van der Waals surface area contributed by atoms with E-state index in [1.54, 1.807) is 6.07 Å². The zero-order valence-electron chi connectivity index (χ0n) is 15.4. The Morgan fingerprint density at radius 1 is 1.11 bits per heavy atom. The van der Waals surface area contributed by atoms with Gasteiger partial charge < -0.3 is 4.57 Å². The van der Waals surface area contributed by atoms with Crippen molar-refractivity contribution in [1.29, 1.82) is 0 Å². The number of aryl methyl sites for hydroxylation is 1. The van der Waals surface area contributed by atoms with Crippen LogP contribution in [0.3, 0.4) is 0 Å². The molecule has 3 aromatic rings. The van der Waals surface area contributed by atoms with E-state index in [9.17, 15) is 4.79 Å². The Kier molecular flexibility index (Phi) is 5.39. The molecule has 0 unspecified atom stereocenters. The summed E-state index contributed by atoms with van der Waals surface area (Å²) in [5.41, 5.74) is 2.75. The number of amides is 1. The molecule has 1 amide bonds. The third-order valence-corrected chi connectivity index (χ3v) is 5.14. The van der Waals surface area contributed by atoms with Crippen molar-refractivity contribution in [3.05, 3.63) is 50.7 Å². The second-order valence-corrected chi connectivity index (χ2v) is 8.57. The lowest BCUT2D eigenvalue weighted by Gasteiger charge is -2.17. The number of anilines is 1. The summed E-state index contributed by atoms with van der Waals surface area (Å²) in [5, 5.41) is 4.00. The van der Waals surface area contributed by atoms with Crippen molar-refractivity contribution in [1.82, 2.24) is 14.5 Å². The predicted molar refractivity (Wildman–Crippen MR) is 111 cm³/mol. The summed E-state index contributed by atoms with van der Waals surface area (Å²) in [6, 6.07) is 7.40. The Bertz CT molecular complexity index is 1040. The van der Waals surface area contributed by atoms with Crippen molar-refractivity contribution in [2.75, 3.05) is 5.32 Å². The number of hydrogen-bond donors (Lipinski definition) is 1. The third-order valence-electron chi connectivity index (χ3n) is 4.14. The molecule has 3 rings (SSSR count). The standard InChI is InChI=1S/C19H19Cl3N4O/c1-10-7-14-15(26(10)9-11-5-6-12(20)13(21)8-11)16(22)24-18(23-14)25-17(27)19(2,3)4/h5-8H,9H2,1-4H3,(H,23,24,25,27). The molecule has 1 aromatic carbocycles. The molecule has 142 valence electrons. The Morgan fingerprint density at radius 3 is 2.44 bits per heavy atom. The molecular weight excluding hydrogens is 407 g/mol. The summed E-state index contributed by atoms with van der Waals surface area (Å²) in [6.45, 7) is 7.97. The SMILES string of the molecule is Cc1cc2nc(NC(=O)C(C)(C)C)nc(Cl)c2n1Cc1ccc(Cl)c(Cl)c1. The molecule has 8 heteroatoms. The van der Waals surface area contributed by atoms with E-state index in [0.717, 1.165) is 11.3 Å². The van der Waals surface area contributed by atoms with Crippen LogP contribution in [0.2, 0.25) is 15.2 Å². The fraction of sp³-hybridized carbons (Fsp3) is 0.316. The fourth-order valence-electron chi connectivity index (χ4n) is 2.62. The number of nitrogens with one attached hydrogen (secondary N) is 1. The summed E-state index contributed by atoms with van der Waals surface area (Å²) >= 11 is 18.5. The van der Waals surface area contributed by atoms with Crippen molar-refractivity contribution >= 4 is 57.7 Å². The van der Waals surface area contributed by atoms with Gasteiger partial charge in [-0.05, 0) is 30.7 Å². The van der Waals surface area contributed by atoms with E-state index in [0.29, 0.717) is 27.6 Å². The van der Waals surface area contributed by atoms with Crippen LogP contribution in [-0.2, 0) is 11.3 Å². The molecular formula is C19H19Cl3N4O. The number of carbonyl (C=O) groups is 1. The van der Waals surface area contributed by atoms with Gasteiger partial charge in [-0.25, -0.2) is 4.98 Å². The first-order valence-corrected chi connectivity index (χ1v) is 9.48. The monoisotopic (exact) mass is 424 g/mol. The van der Waals surface area contributed by atoms with Gasteiger partial charge in [-0.15, -0.1) is 0 Å². The maximum Gasteiger partial charge on any atom is 0.232 e. The van der Waals surface area contributed by atoms with Gasteiger partial charge in [-0.1, -0.05) is 61.6 Å². The lowest BCUT2D eigenvalue weighted by molar-refractivity contribution is -0.123. The third kappa shape index (κ3) is 4.21. The number of fused-ring (bicyclic) bond motifs is 1. The molecule has 0 saturated carbocycles. The molecule has 0 aliphatic heterocycles. The summed E-state index contributed by atoms with van der Waals surface area (Å²) in [6.07, 6.45) is 0. The van der Waals surface area contributed by atoms with Crippen molar-refractivity contribution in [2.45, 2.75) is 34.2 Å². The van der Waals surface area contributed by atoms with E-state index in [2.05, 4.69) is 15.3 Å². The van der Waals surface area contributed by atoms with Crippen molar-refractivity contribution in [3.8, 4) is 0 Å². The zero-order chi connectivity index (χ0) is 19.9. The summed E-state index contributed by atoms with van der Waals surface area (Å²) in [7, 11) is 0. The number of nitrogens with zero attached hydrogens (tertiary/aromatic N) is 3. The Morgan fingerprint density at radius 2 is 1.81 bits per heavy atom. The molecule has 0 atom stereocenters. The quantitative estimate of drug-likeness (QED) is 0.545. The van der Waals surface area contributed by atoms with Gasteiger partial charge in [0.1, 0.15) is 5.52 Å². The first-order valence-electron chi connectivity index (χ1n) is 8.35. The average Bonchev–Trinajstić information content (AvgIpc) is 2.86. The second kappa shape index (κ2) is 7.30. The number of halogens is 3. The minimum absolute atomic E-state index is 0.176. The molecule has 0 spiro atoms. The van der Waals surface area contributed by atoms with Crippen molar-refractivity contribution in [3.63, 3.8) is 0 Å². The summed E-state index contributed by atoms with van der Waals surface area (Å²) < 4.78 is 2.01. The lowest BCUT2D eigenvalue weighted by atomic mass is 9.96. The van der Waals surface area contributed by atoms with Gasteiger partial charge in [0.2, 0.25) is 11.9 Å². The van der Waals surface area contributed by atoms with Crippen molar-refractivity contribution < 1.29 is 4.79 Å². The van der Waals surface area contributed by atoms with Crippen LogP contribution in [0.1, 0.15) is 32.0 Å². The van der Waals surface area contributed by atoms with Crippen LogP contribution in [0.5, 0.6) is 0 Å². The lowest BCUT2D eigenvalue weighted by Crippen LogP contribution is -2.28. The fourth-order valence-corrected chi connectivity index (χ4v) is 3.21. The Balaban J connectivity index is 1.99. The van der Waals surface area contributed by atoms with E-state index in [1.807, 2.05) is 50.5 Å². The first-order chi connectivity index (χ1) is 12.6. The highest BCUT2D eigenvalue weighted by Crippen LogP contribution is 2.29. The normalized spacial score (nSPS) is 11.8. The molecule has 0 bridgehead atoms. The van der Waals surface area contributed by atoms with E-state index in [4.69, 9.17) is 34.8 Å². The number of carbonyl (C=O) groups excluding carboxylic acids is 1. The first kappa shape index (κ1) is 19.9. The number of benzene rings is 1. The molecule has 0 radical (unpaired) electrons. The number of hydrogen-bond acceptors (Lipinski definition) is 3. The minimum atomic E-state index is -0.555. The van der Waals surface area contributed by atoms with Gasteiger partial charge in [0.25, 0.3) is 0 Å². The summed E-state index contributed by atoms with van der Waals surface area (Å²) in [4.78, 5) is 20.9. The van der Waals surface area contributed by atoms with Crippen LogP contribution in [0.25, 0.3) is 11.0 Å². The highest BCUT2D eigenvalue weighted by molar-refractivity contribution is 6.42. The minimum Gasteiger partial charge on any atom is -0.337 e. The molecule has 27 heavy (non-hydrogen) atoms.